The highest BCUT2D eigenvalue weighted by molar-refractivity contribution is 6.00. The molecule has 1 fully saturated rings. The molecule has 0 unspecified atom stereocenters. The fourth-order valence-corrected chi connectivity index (χ4v) is 3.62. The number of benzene rings is 2. The van der Waals surface area contributed by atoms with Gasteiger partial charge in [0.2, 0.25) is 5.91 Å². The van der Waals surface area contributed by atoms with Gasteiger partial charge in [0.1, 0.15) is 17.9 Å². The van der Waals surface area contributed by atoms with E-state index in [4.69, 9.17) is 4.74 Å². The minimum Gasteiger partial charge on any atom is -0.497 e. The van der Waals surface area contributed by atoms with Gasteiger partial charge in [0.15, 0.2) is 0 Å². The second kappa shape index (κ2) is 8.09. The SMILES string of the molecule is COc1ccc2ncnc(N3CCN(c4cc(C(F)(F)F)cc(C(F)(F)F)c4)C(=O)C3)c2c1. The maximum absolute atomic E-state index is 13.2. The molecule has 12 heteroatoms. The van der Waals surface area contributed by atoms with Gasteiger partial charge < -0.3 is 14.5 Å². The molecule has 1 amide bonds. The fourth-order valence-electron chi connectivity index (χ4n) is 3.62. The molecule has 3 aromatic rings. The summed E-state index contributed by atoms with van der Waals surface area (Å²) in [5.41, 5.74) is -2.83. The molecule has 1 aliphatic rings. The minimum atomic E-state index is -5.00. The third-order valence-electron chi connectivity index (χ3n) is 5.23. The number of ether oxygens (including phenoxy) is 1. The van der Waals surface area contributed by atoms with Crippen LogP contribution in [0, 0.1) is 0 Å². The number of carbonyl (C=O) groups excluding carboxylic acids is 1. The second-order valence-corrected chi connectivity index (χ2v) is 7.31. The van der Waals surface area contributed by atoms with Crippen molar-refractivity contribution in [1.82, 2.24) is 9.97 Å². The molecule has 2 heterocycles. The number of carbonyl (C=O) groups is 1. The summed E-state index contributed by atoms with van der Waals surface area (Å²) < 4.78 is 84.3. The number of nitrogens with zero attached hydrogens (tertiary/aromatic N) is 4. The third-order valence-corrected chi connectivity index (χ3v) is 5.23. The van der Waals surface area contributed by atoms with Crippen molar-refractivity contribution in [3.63, 3.8) is 0 Å². The van der Waals surface area contributed by atoms with E-state index >= 15 is 0 Å². The monoisotopic (exact) mass is 470 g/mol. The van der Waals surface area contributed by atoms with Gasteiger partial charge in [-0.25, -0.2) is 9.97 Å². The fraction of sp³-hybridized carbons (Fsp3) is 0.286. The van der Waals surface area contributed by atoms with E-state index in [1.165, 1.54) is 13.4 Å². The van der Waals surface area contributed by atoms with E-state index < -0.39 is 35.1 Å². The van der Waals surface area contributed by atoms with E-state index in [0.717, 1.165) is 4.90 Å². The molecule has 1 aromatic heterocycles. The van der Waals surface area contributed by atoms with Crippen molar-refractivity contribution in [2.75, 3.05) is 36.5 Å². The highest BCUT2D eigenvalue weighted by atomic mass is 19.4. The van der Waals surface area contributed by atoms with Crippen molar-refractivity contribution >= 4 is 28.3 Å². The van der Waals surface area contributed by atoms with Crippen LogP contribution in [0.4, 0.5) is 37.8 Å². The van der Waals surface area contributed by atoms with Gasteiger partial charge in [-0.2, -0.15) is 26.3 Å². The van der Waals surface area contributed by atoms with Crippen molar-refractivity contribution < 1.29 is 35.9 Å². The number of hydrogen-bond donors (Lipinski definition) is 0. The topological polar surface area (TPSA) is 58.6 Å². The molecule has 0 N–H and O–H groups in total. The van der Waals surface area contributed by atoms with Crippen LogP contribution in [0.15, 0.2) is 42.7 Å². The summed E-state index contributed by atoms with van der Waals surface area (Å²) in [6, 6.07) is 6.23. The van der Waals surface area contributed by atoms with Gasteiger partial charge in [-0.1, -0.05) is 0 Å². The summed E-state index contributed by atoms with van der Waals surface area (Å²) in [7, 11) is 1.48. The lowest BCUT2D eigenvalue weighted by atomic mass is 10.1. The Balaban J connectivity index is 1.66. The van der Waals surface area contributed by atoms with Crippen LogP contribution in [0.5, 0.6) is 5.75 Å². The largest absolute Gasteiger partial charge is 0.497 e. The Kier molecular flexibility index (Phi) is 5.54. The molecule has 1 saturated heterocycles. The Morgan fingerprint density at radius 3 is 2.15 bits per heavy atom. The number of hydrogen-bond acceptors (Lipinski definition) is 5. The Hall–Kier alpha value is -3.57. The molecule has 174 valence electrons. The van der Waals surface area contributed by atoms with Gasteiger partial charge in [-0.15, -0.1) is 0 Å². The Morgan fingerprint density at radius 2 is 1.58 bits per heavy atom. The average Bonchev–Trinajstić information content (AvgIpc) is 2.76. The lowest BCUT2D eigenvalue weighted by Crippen LogP contribution is -2.51. The summed E-state index contributed by atoms with van der Waals surface area (Å²) in [6.07, 6.45) is -8.69. The molecule has 2 aromatic carbocycles. The molecule has 0 radical (unpaired) electrons. The molecule has 0 aliphatic carbocycles. The normalized spacial score (nSPS) is 15.3. The summed E-state index contributed by atoms with van der Waals surface area (Å²) in [5, 5.41) is 0.594. The minimum absolute atomic E-state index is 0.0324. The number of piperazine rings is 1. The van der Waals surface area contributed by atoms with Crippen LogP contribution in [0.1, 0.15) is 11.1 Å². The van der Waals surface area contributed by atoms with E-state index in [2.05, 4.69) is 9.97 Å². The lowest BCUT2D eigenvalue weighted by molar-refractivity contribution is -0.143. The van der Waals surface area contributed by atoms with Gasteiger partial charge in [-0.3, -0.25) is 4.79 Å². The molecular formula is C21H16F6N4O2. The van der Waals surface area contributed by atoms with Gasteiger partial charge in [0.05, 0.1) is 30.3 Å². The van der Waals surface area contributed by atoms with Crippen molar-refractivity contribution in [3.05, 3.63) is 53.9 Å². The highest BCUT2D eigenvalue weighted by Crippen LogP contribution is 2.39. The zero-order chi connectivity index (χ0) is 24.0. The molecule has 1 aliphatic heterocycles. The van der Waals surface area contributed by atoms with E-state index in [9.17, 15) is 31.1 Å². The number of fused-ring (bicyclic) bond motifs is 1. The molecule has 0 spiro atoms. The summed E-state index contributed by atoms with van der Waals surface area (Å²) in [5.74, 6) is 0.280. The first-order valence-corrected chi connectivity index (χ1v) is 9.61. The predicted molar refractivity (Wildman–Crippen MR) is 107 cm³/mol. The van der Waals surface area contributed by atoms with Crippen LogP contribution >= 0.6 is 0 Å². The molecule has 33 heavy (non-hydrogen) atoms. The van der Waals surface area contributed by atoms with Crippen LogP contribution in [0.3, 0.4) is 0 Å². The van der Waals surface area contributed by atoms with Crippen LogP contribution in [-0.4, -0.2) is 42.6 Å². The highest BCUT2D eigenvalue weighted by Gasteiger charge is 2.38. The van der Waals surface area contributed by atoms with E-state index in [1.807, 2.05) is 0 Å². The number of amides is 1. The second-order valence-electron chi connectivity index (χ2n) is 7.31. The van der Waals surface area contributed by atoms with E-state index in [1.54, 1.807) is 23.1 Å². The van der Waals surface area contributed by atoms with Crippen LogP contribution in [-0.2, 0) is 17.1 Å². The van der Waals surface area contributed by atoms with Gasteiger partial charge in [0, 0.05) is 24.2 Å². The maximum Gasteiger partial charge on any atom is 0.416 e. The van der Waals surface area contributed by atoms with Crippen LogP contribution in [0.2, 0.25) is 0 Å². The average molecular weight is 470 g/mol. The van der Waals surface area contributed by atoms with Gasteiger partial charge >= 0.3 is 12.4 Å². The quantitative estimate of drug-likeness (QED) is 0.527. The van der Waals surface area contributed by atoms with Crippen molar-refractivity contribution in [2.24, 2.45) is 0 Å². The first-order chi connectivity index (χ1) is 15.5. The van der Waals surface area contributed by atoms with Crippen LogP contribution < -0.4 is 14.5 Å². The van der Waals surface area contributed by atoms with Crippen molar-refractivity contribution in [1.29, 1.82) is 0 Å². The first kappa shape index (κ1) is 22.6. The predicted octanol–water partition coefficient (Wildman–Crippen LogP) is 4.53. The summed E-state index contributed by atoms with van der Waals surface area (Å²) in [6.45, 7) is -0.291. The standard InChI is InChI=1S/C21H16F6N4O2/c1-33-15-2-3-17-16(9-15)19(29-11-28-17)30-4-5-31(18(32)10-30)14-7-12(20(22,23)24)6-13(8-14)21(25,26)27/h2-3,6-9,11H,4-5,10H2,1H3. The molecule has 0 saturated carbocycles. The molecular weight excluding hydrogens is 454 g/mol. The van der Waals surface area contributed by atoms with E-state index in [0.29, 0.717) is 34.6 Å². The number of halogens is 6. The molecule has 4 rings (SSSR count). The smallest absolute Gasteiger partial charge is 0.416 e. The van der Waals surface area contributed by atoms with Gasteiger partial charge in [-0.05, 0) is 36.4 Å². The Morgan fingerprint density at radius 1 is 0.909 bits per heavy atom. The Labute approximate surface area is 183 Å². The lowest BCUT2D eigenvalue weighted by Gasteiger charge is -2.35. The summed E-state index contributed by atoms with van der Waals surface area (Å²) in [4.78, 5) is 23.7. The Bertz CT molecular complexity index is 1180. The number of aromatic nitrogens is 2. The number of alkyl halides is 6. The number of anilines is 2. The first-order valence-electron chi connectivity index (χ1n) is 9.61. The third kappa shape index (κ3) is 4.50. The molecule has 0 bridgehead atoms. The van der Waals surface area contributed by atoms with Crippen LogP contribution in [0.25, 0.3) is 10.9 Å². The van der Waals surface area contributed by atoms with E-state index in [-0.39, 0.29) is 25.7 Å². The van der Waals surface area contributed by atoms with Crippen molar-refractivity contribution in [2.45, 2.75) is 12.4 Å². The number of rotatable bonds is 3. The zero-order valence-electron chi connectivity index (χ0n) is 17.0. The zero-order valence-corrected chi connectivity index (χ0v) is 17.0. The van der Waals surface area contributed by atoms with Gasteiger partial charge in [0.25, 0.3) is 0 Å². The molecule has 6 nitrogen and oxygen atoms in total. The summed E-state index contributed by atoms with van der Waals surface area (Å²) >= 11 is 0. The maximum atomic E-state index is 13.2. The molecule has 0 atom stereocenters. The van der Waals surface area contributed by atoms with Crippen molar-refractivity contribution in [3.8, 4) is 5.75 Å². The number of methoxy groups -OCH3 is 1.